The molecule has 0 unspecified atom stereocenters. The molecule has 0 saturated heterocycles. The second kappa shape index (κ2) is 7.94. The third kappa shape index (κ3) is 4.21. The Bertz CT molecular complexity index is 809. The van der Waals surface area contributed by atoms with Gasteiger partial charge in [0.15, 0.2) is 0 Å². The molecule has 0 bridgehead atoms. The SMILES string of the molecule is N#CCc1ccc(C2=NC=CC(OCc3ccccc3)=CC2)cc1. The highest BCUT2D eigenvalue weighted by molar-refractivity contribution is 6.02. The average molecular weight is 314 g/mol. The fourth-order valence-electron chi connectivity index (χ4n) is 2.47. The lowest BCUT2D eigenvalue weighted by Crippen LogP contribution is -1.99. The molecule has 3 rings (SSSR count). The summed E-state index contributed by atoms with van der Waals surface area (Å²) in [6.45, 7) is 0.551. The molecule has 0 aliphatic carbocycles. The van der Waals surface area contributed by atoms with E-state index in [4.69, 9.17) is 10.00 Å². The van der Waals surface area contributed by atoms with E-state index in [2.05, 4.69) is 17.1 Å². The zero-order chi connectivity index (χ0) is 16.6. The fourth-order valence-corrected chi connectivity index (χ4v) is 2.47. The number of allylic oxidation sites excluding steroid dienone is 2. The summed E-state index contributed by atoms with van der Waals surface area (Å²) in [5.41, 5.74) is 4.23. The van der Waals surface area contributed by atoms with Gasteiger partial charge in [0.2, 0.25) is 0 Å². The Morgan fingerprint density at radius 2 is 1.79 bits per heavy atom. The minimum absolute atomic E-state index is 0.435. The molecule has 0 saturated carbocycles. The summed E-state index contributed by atoms with van der Waals surface area (Å²) < 4.78 is 5.85. The molecule has 0 radical (unpaired) electrons. The first-order valence-electron chi connectivity index (χ1n) is 7.91. The summed E-state index contributed by atoms with van der Waals surface area (Å²) in [6, 6.07) is 20.3. The third-order valence-electron chi connectivity index (χ3n) is 3.78. The predicted octanol–water partition coefficient (Wildman–Crippen LogP) is 4.56. The van der Waals surface area contributed by atoms with E-state index in [1.165, 1.54) is 0 Å². The van der Waals surface area contributed by atoms with Crippen molar-refractivity contribution in [3.8, 4) is 6.07 Å². The van der Waals surface area contributed by atoms with Crippen LogP contribution in [0.3, 0.4) is 0 Å². The van der Waals surface area contributed by atoms with Crippen molar-refractivity contribution in [2.24, 2.45) is 4.99 Å². The van der Waals surface area contributed by atoms with Gasteiger partial charge in [0.25, 0.3) is 0 Å². The number of benzene rings is 2. The zero-order valence-electron chi connectivity index (χ0n) is 13.4. The van der Waals surface area contributed by atoms with Crippen LogP contribution in [0.15, 0.2) is 83.7 Å². The van der Waals surface area contributed by atoms with E-state index in [-0.39, 0.29) is 0 Å². The molecule has 1 heterocycles. The van der Waals surface area contributed by atoms with Crippen LogP contribution in [0.4, 0.5) is 0 Å². The van der Waals surface area contributed by atoms with Gasteiger partial charge in [-0.05, 0) is 28.8 Å². The molecule has 24 heavy (non-hydrogen) atoms. The first kappa shape index (κ1) is 15.8. The van der Waals surface area contributed by atoms with Gasteiger partial charge in [-0.25, -0.2) is 0 Å². The summed E-state index contributed by atoms with van der Waals surface area (Å²) in [5.74, 6) is 0.832. The van der Waals surface area contributed by atoms with E-state index in [0.717, 1.165) is 28.2 Å². The Kier molecular flexibility index (Phi) is 5.21. The molecule has 2 aromatic carbocycles. The highest BCUT2D eigenvalue weighted by Gasteiger charge is 2.06. The predicted molar refractivity (Wildman–Crippen MR) is 95.4 cm³/mol. The molecule has 0 fully saturated rings. The van der Waals surface area contributed by atoms with Gasteiger partial charge in [-0.2, -0.15) is 5.26 Å². The minimum atomic E-state index is 0.435. The van der Waals surface area contributed by atoms with Gasteiger partial charge in [-0.3, -0.25) is 4.99 Å². The van der Waals surface area contributed by atoms with Crippen LogP contribution < -0.4 is 0 Å². The third-order valence-corrected chi connectivity index (χ3v) is 3.78. The lowest BCUT2D eigenvalue weighted by molar-refractivity contribution is 0.210. The highest BCUT2D eigenvalue weighted by atomic mass is 16.5. The summed E-state index contributed by atoms with van der Waals surface area (Å²) in [7, 11) is 0. The number of hydrogen-bond acceptors (Lipinski definition) is 3. The maximum absolute atomic E-state index is 8.73. The molecule has 2 aromatic rings. The van der Waals surface area contributed by atoms with Gasteiger partial charge in [0, 0.05) is 12.6 Å². The first-order chi connectivity index (χ1) is 11.8. The van der Waals surface area contributed by atoms with E-state index in [1.807, 2.05) is 60.7 Å². The second-order valence-corrected chi connectivity index (χ2v) is 5.51. The second-order valence-electron chi connectivity index (χ2n) is 5.51. The Balaban J connectivity index is 1.63. The van der Waals surface area contributed by atoms with Crippen LogP contribution >= 0.6 is 0 Å². The Labute approximate surface area is 142 Å². The number of nitrogens with zero attached hydrogens (tertiary/aromatic N) is 2. The van der Waals surface area contributed by atoms with Crippen LogP contribution in [0.25, 0.3) is 0 Å². The molecule has 0 aromatic heterocycles. The van der Waals surface area contributed by atoms with Crippen molar-refractivity contribution in [2.45, 2.75) is 19.4 Å². The van der Waals surface area contributed by atoms with Crippen molar-refractivity contribution in [2.75, 3.05) is 0 Å². The molecular weight excluding hydrogens is 296 g/mol. The van der Waals surface area contributed by atoms with Gasteiger partial charge < -0.3 is 4.74 Å². The quantitative estimate of drug-likeness (QED) is 0.812. The van der Waals surface area contributed by atoms with Crippen LogP contribution in [0.1, 0.15) is 23.1 Å². The molecular formula is C21H18N2O. The lowest BCUT2D eigenvalue weighted by atomic mass is 10.0. The fraction of sp³-hybridized carbons (Fsp3) is 0.143. The molecule has 1 aliphatic rings. The summed E-state index contributed by atoms with van der Waals surface area (Å²) in [5, 5.41) is 8.73. The Hall–Kier alpha value is -3.12. The Morgan fingerprint density at radius 1 is 1.00 bits per heavy atom. The van der Waals surface area contributed by atoms with Crippen molar-refractivity contribution < 1.29 is 4.74 Å². The maximum atomic E-state index is 8.73. The van der Waals surface area contributed by atoms with Crippen molar-refractivity contribution in [3.63, 3.8) is 0 Å². The molecule has 118 valence electrons. The normalized spacial score (nSPS) is 13.5. The largest absolute Gasteiger partial charge is 0.489 e. The zero-order valence-corrected chi connectivity index (χ0v) is 13.4. The molecule has 0 amide bonds. The smallest absolute Gasteiger partial charge is 0.117 e. The lowest BCUT2D eigenvalue weighted by Gasteiger charge is -2.07. The van der Waals surface area contributed by atoms with Gasteiger partial charge in [0.05, 0.1) is 18.2 Å². The van der Waals surface area contributed by atoms with Crippen LogP contribution in [-0.4, -0.2) is 5.71 Å². The van der Waals surface area contributed by atoms with Gasteiger partial charge in [-0.1, -0.05) is 54.6 Å². The standard InChI is InChI=1S/C21H18N2O/c22-14-12-17-6-8-19(9-7-17)21-11-10-20(13-15-23-21)24-16-18-4-2-1-3-5-18/h1-10,13,15H,11-12,16H2. The van der Waals surface area contributed by atoms with E-state index >= 15 is 0 Å². The van der Waals surface area contributed by atoms with E-state index in [1.54, 1.807) is 6.20 Å². The van der Waals surface area contributed by atoms with Crippen LogP contribution in [0.5, 0.6) is 0 Å². The van der Waals surface area contributed by atoms with Gasteiger partial charge >= 0.3 is 0 Å². The van der Waals surface area contributed by atoms with Gasteiger partial charge in [0.1, 0.15) is 12.4 Å². The number of rotatable bonds is 5. The van der Waals surface area contributed by atoms with E-state index < -0.39 is 0 Å². The van der Waals surface area contributed by atoms with Crippen LogP contribution in [0.2, 0.25) is 0 Å². The van der Waals surface area contributed by atoms with Gasteiger partial charge in [-0.15, -0.1) is 0 Å². The average Bonchev–Trinajstić information content (AvgIpc) is 2.88. The summed E-state index contributed by atoms with van der Waals surface area (Å²) in [6.07, 6.45) is 6.87. The molecule has 0 N–H and O–H groups in total. The molecule has 3 heteroatoms. The number of aliphatic imine (C=N–C) groups is 1. The number of nitriles is 1. The molecule has 0 atom stereocenters. The summed E-state index contributed by atoms with van der Waals surface area (Å²) in [4.78, 5) is 4.51. The minimum Gasteiger partial charge on any atom is -0.489 e. The maximum Gasteiger partial charge on any atom is 0.117 e. The summed E-state index contributed by atoms with van der Waals surface area (Å²) >= 11 is 0. The van der Waals surface area contributed by atoms with E-state index in [9.17, 15) is 0 Å². The van der Waals surface area contributed by atoms with Crippen LogP contribution in [0, 0.1) is 11.3 Å². The van der Waals surface area contributed by atoms with Crippen molar-refractivity contribution in [1.82, 2.24) is 0 Å². The molecule has 0 spiro atoms. The topological polar surface area (TPSA) is 45.4 Å². The first-order valence-corrected chi connectivity index (χ1v) is 7.91. The highest BCUT2D eigenvalue weighted by Crippen LogP contribution is 2.15. The van der Waals surface area contributed by atoms with Crippen molar-refractivity contribution in [3.05, 3.63) is 95.4 Å². The molecule has 3 nitrogen and oxygen atoms in total. The Morgan fingerprint density at radius 3 is 2.54 bits per heavy atom. The van der Waals surface area contributed by atoms with Crippen LogP contribution in [-0.2, 0) is 17.8 Å². The van der Waals surface area contributed by atoms with Crippen molar-refractivity contribution >= 4 is 5.71 Å². The number of hydrogen-bond donors (Lipinski definition) is 0. The number of ether oxygens (including phenoxy) is 1. The van der Waals surface area contributed by atoms with Crippen molar-refractivity contribution in [1.29, 1.82) is 5.26 Å². The molecule has 1 aliphatic heterocycles. The van der Waals surface area contributed by atoms with E-state index in [0.29, 0.717) is 19.4 Å². The monoisotopic (exact) mass is 314 g/mol.